The molecule has 0 aromatic rings. The van der Waals surface area contributed by atoms with E-state index in [4.69, 9.17) is 9.84 Å². The molecular weight excluding hydrogens is 194 g/mol. The lowest BCUT2D eigenvalue weighted by Gasteiger charge is -2.25. The molecule has 0 aromatic heterocycles. The fraction of sp³-hybridized carbons (Fsp3) is 0.909. The van der Waals surface area contributed by atoms with Gasteiger partial charge in [0.25, 0.3) is 0 Å². The second-order valence-corrected chi connectivity index (χ2v) is 4.97. The summed E-state index contributed by atoms with van der Waals surface area (Å²) in [4.78, 5) is 13.5. The summed E-state index contributed by atoms with van der Waals surface area (Å²) in [5.41, 5.74) is -0.288. The summed E-state index contributed by atoms with van der Waals surface area (Å²) in [5, 5.41) is 9.08. The third-order valence-corrected chi connectivity index (χ3v) is 2.54. The molecule has 1 N–H and O–H groups in total. The van der Waals surface area contributed by atoms with E-state index in [0.717, 1.165) is 19.4 Å². The summed E-state index contributed by atoms with van der Waals surface area (Å²) in [7, 11) is 0. The predicted octanol–water partition coefficient (Wildman–Crippen LogP) is 0.785. The number of hydrogen-bond donors (Lipinski definition) is 1. The number of hydrogen-bond acceptors (Lipinski definition) is 3. The van der Waals surface area contributed by atoms with Gasteiger partial charge in [0, 0.05) is 6.54 Å². The van der Waals surface area contributed by atoms with Gasteiger partial charge in [0.1, 0.15) is 6.61 Å². The smallest absolute Gasteiger partial charge is 0.248 e. The number of carbonyl (C=O) groups is 1. The second kappa shape index (κ2) is 4.94. The summed E-state index contributed by atoms with van der Waals surface area (Å²) in [6.07, 6.45) is 1.88. The van der Waals surface area contributed by atoms with Gasteiger partial charge in [-0.1, -0.05) is 0 Å². The van der Waals surface area contributed by atoms with Crippen LogP contribution in [0.4, 0.5) is 0 Å². The molecule has 1 aliphatic heterocycles. The first-order chi connectivity index (χ1) is 6.94. The molecule has 1 atom stereocenters. The van der Waals surface area contributed by atoms with Crippen molar-refractivity contribution in [3.63, 3.8) is 0 Å². The highest BCUT2D eigenvalue weighted by Crippen LogP contribution is 2.17. The lowest BCUT2D eigenvalue weighted by molar-refractivity contribution is -0.142. The highest BCUT2D eigenvalue weighted by atomic mass is 16.5. The number of likely N-dealkylation sites (tertiary alicyclic amines) is 1. The highest BCUT2D eigenvalue weighted by Gasteiger charge is 2.28. The topological polar surface area (TPSA) is 49.8 Å². The maximum Gasteiger partial charge on any atom is 0.248 e. The van der Waals surface area contributed by atoms with E-state index in [9.17, 15) is 4.79 Å². The van der Waals surface area contributed by atoms with Crippen molar-refractivity contribution in [3.05, 3.63) is 0 Å². The van der Waals surface area contributed by atoms with Crippen molar-refractivity contribution in [2.45, 2.75) is 45.3 Å². The van der Waals surface area contributed by atoms with Crippen molar-refractivity contribution in [1.29, 1.82) is 0 Å². The zero-order valence-electron chi connectivity index (χ0n) is 9.82. The van der Waals surface area contributed by atoms with E-state index in [2.05, 4.69) is 0 Å². The van der Waals surface area contributed by atoms with E-state index < -0.39 is 0 Å². The Morgan fingerprint density at radius 2 is 2.20 bits per heavy atom. The van der Waals surface area contributed by atoms with Gasteiger partial charge in [0.15, 0.2) is 0 Å². The first-order valence-electron chi connectivity index (χ1n) is 5.48. The van der Waals surface area contributed by atoms with Gasteiger partial charge in [0.05, 0.1) is 18.2 Å². The molecule has 0 aliphatic carbocycles. The van der Waals surface area contributed by atoms with Crippen LogP contribution in [0, 0.1) is 0 Å². The third-order valence-electron chi connectivity index (χ3n) is 2.54. The third kappa shape index (κ3) is 3.80. The van der Waals surface area contributed by atoms with Gasteiger partial charge in [-0.05, 0) is 33.6 Å². The Labute approximate surface area is 91.2 Å². The molecule has 88 valence electrons. The van der Waals surface area contributed by atoms with Gasteiger partial charge in [-0.15, -0.1) is 0 Å². The maximum absolute atomic E-state index is 11.8. The number of aliphatic hydroxyl groups excluding tert-OH is 1. The van der Waals surface area contributed by atoms with Crippen LogP contribution in [0.1, 0.15) is 33.6 Å². The van der Waals surface area contributed by atoms with Crippen LogP contribution in [0.2, 0.25) is 0 Å². The van der Waals surface area contributed by atoms with E-state index >= 15 is 0 Å². The Hall–Kier alpha value is -0.610. The normalized spacial score (nSPS) is 22.1. The molecule has 1 rings (SSSR count). The average molecular weight is 215 g/mol. The van der Waals surface area contributed by atoms with E-state index in [0.29, 0.717) is 0 Å². The Bertz CT molecular complexity index is 222. The maximum atomic E-state index is 11.8. The van der Waals surface area contributed by atoms with Gasteiger partial charge in [-0.2, -0.15) is 0 Å². The zero-order valence-corrected chi connectivity index (χ0v) is 9.82. The fourth-order valence-corrected chi connectivity index (χ4v) is 1.72. The van der Waals surface area contributed by atoms with Crippen molar-refractivity contribution in [2.24, 2.45) is 0 Å². The highest BCUT2D eigenvalue weighted by molar-refractivity contribution is 5.78. The van der Waals surface area contributed by atoms with Crippen molar-refractivity contribution in [2.75, 3.05) is 19.8 Å². The molecule has 4 heteroatoms. The van der Waals surface area contributed by atoms with Crippen LogP contribution in [0.15, 0.2) is 0 Å². The molecule has 1 saturated heterocycles. The molecule has 0 bridgehead atoms. The summed E-state index contributed by atoms with van der Waals surface area (Å²) in [5.74, 6) is -0.0125. The summed E-state index contributed by atoms with van der Waals surface area (Å²) >= 11 is 0. The molecule has 4 nitrogen and oxygen atoms in total. The monoisotopic (exact) mass is 215 g/mol. The second-order valence-electron chi connectivity index (χ2n) is 4.97. The van der Waals surface area contributed by atoms with E-state index in [-0.39, 0.29) is 30.8 Å². The average Bonchev–Trinajstić information content (AvgIpc) is 2.60. The summed E-state index contributed by atoms with van der Waals surface area (Å²) in [6, 6.07) is 0.000989. The van der Waals surface area contributed by atoms with Crippen LogP contribution in [-0.4, -0.2) is 47.3 Å². The zero-order chi connectivity index (χ0) is 11.5. The lowest BCUT2D eigenvalue weighted by Crippen LogP contribution is -2.41. The molecule has 1 heterocycles. The molecule has 0 saturated carbocycles. The minimum atomic E-state index is -0.288. The largest absolute Gasteiger partial charge is 0.394 e. The molecule has 0 radical (unpaired) electrons. The molecule has 15 heavy (non-hydrogen) atoms. The van der Waals surface area contributed by atoms with Crippen LogP contribution in [0.5, 0.6) is 0 Å². The van der Waals surface area contributed by atoms with E-state index in [1.807, 2.05) is 20.8 Å². The molecule has 1 unspecified atom stereocenters. The first-order valence-corrected chi connectivity index (χ1v) is 5.48. The number of nitrogens with zero attached hydrogens (tertiary/aromatic N) is 1. The minimum absolute atomic E-state index is 0.000989. The number of aliphatic hydroxyl groups is 1. The standard InChI is InChI=1S/C11H21NO3/c1-11(2,3)15-8-10(14)12-6-4-5-9(12)7-13/h9,13H,4-8H2,1-3H3. The van der Waals surface area contributed by atoms with Gasteiger partial charge in [0.2, 0.25) is 5.91 Å². The minimum Gasteiger partial charge on any atom is -0.394 e. The Kier molecular flexibility index (Phi) is 4.11. The lowest BCUT2D eigenvalue weighted by atomic mass is 10.2. The Balaban J connectivity index is 2.40. The molecule has 0 aromatic carbocycles. The Morgan fingerprint density at radius 1 is 1.53 bits per heavy atom. The van der Waals surface area contributed by atoms with Crippen LogP contribution >= 0.6 is 0 Å². The molecule has 1 amide bonds. The molecule has 1 aliphatic rings. The van der Waals surface area contributed by atoms with Crippen LogP contribution < -0.4 is 0 Å². The van der Waals surface area contributed by atoms with Crippen molar-refractivity contribution in [3.8, 4) is 0 Å². The molecular formula is C11H21NO3. The van der Waals surface area contributed by atoms with Gasteiger partial charge in [-0.25, -0.2) is 0 Å². The van der Waals surface area contributed by atoms with Crippen molar-refractivity contribution in [1.82, 2.24) is 4.90 Å². The Morgan fingerprint density at radius 3 is 2.73 bits per heavy atom. The number of amides is 1. The number of ether oxygens (including phenoxy) is 1. The van der Waals surface area contributed by atoms with Crippen molar-refractivity contribution < 1.29 is 14.6 Å². The summed E-state index contributed by atoms with van der Waals surface area (Å²) in [6.45, 7) is 6.69. The van der Waals surface area contributed by atoms with Crippen LogP contribution in [-0.2, 0) is 9.53 Å². The van der Waals surface area contributed by atoms with E-state index in [1.54, 1.807) is 4.90 Å². The summed E-state index contributed by atoms with van der Waals surface area (Å²) < 4.78 is 5.42. The molecule has 0 spiro atoms. The fourth-order valence-electron chi connectivity index (χ4n) is 1.72. The number of carbonyl (C=O) groups excluding carboxylic acids is 1. The predicted molar refractivity (Wildman–Crippen MR) is 57.5 cm³/mol. The SMILES string of the molecule is CC(C)(C)OCC(=O)N1CCCC1CO. The molecule has 1 fully saturated rings. The van der Waals surface area contributed by atoms with E-state index in [1.165, 1.54) is 0 Å². The van der Waals surface area contributed by atoms with Crippen LogP contribution in [0.25, 0.3) is 0 Å². The van der Waals surface area contributed by atoms with Crippen molar-refractivity contribution >= 4 is 5.91 Å². The van der Waals surface area contributed by atoms with Crippen LogP contribution in [0.3, 0.4) is 0 Å². The number of rotatable bonds is 3. The first kappa shape index (κ1) is 12.5. The van der Waals surface area contributed by atoms with Gasteiger partial charge < -0.3 is 14.7 Å². The quantitative estimate of drug-likeness (QED) is 0.757. The van der Waals surface area contributed by atoms with Gasteiger partial charge in [-0.3, -0.25) is 4.79 Å². The van der Waals surface area contributed by atoms with Gasteiger partial charge >= 0.3 is 0 Å².